The van der Waals surface area contributed by atoms with E-state index in [0.29, 0.717) is 24.8 Å². The lowest BCUT2D eigenvalue weighted by Crippen LogP contribution is -2.09. The molecule has 0 saturated heterocycles. The summed E-state index contributed by atoms with van der Waals surface area (Å²) in [6.45, 7) is 1.89. The molecule has 14 heavy (non-hydrogen) atoms. The molecule has 0 aromatic carbocycles. The molecule has 0 saturated carbocycles. The number of hydrogen-bond acceptors (Lipinski definition) is 4. The largest absolute Gasteiger partial charge is 0.379 e. The van der Waals surface area contributed by atoms with Gasteiger partial charge in [0.05, 0.1) is 23.3 Å². The molecule has 78 valence electrons. The van der Waals surface area contributed by atoms with Crippen molar-refractivity contribution in [2.75, 3.05) is 25.5 Å². The summed E-state index contributed by atoms with van der Waals surface area (Å²) in [5.74, 6) is 0.884. The van der Waals surface area contributed by atoms with Gasteiger partial charge in [0.2, 0.25) is 0 Å². The summed E-state index contributed by atoms with van der Waals surface area (Å²) >= 11 is 7.35. The van der Waals surface area contributed by atoms with Crippen LogP contribution in [0.1, 0.15) is 0 Å². The Kier molecular flexibility index (Phi) is 5.94. The third-order valence-corrected chi connectivity index (χ3v) is 2.57. The van der Waals surface area contributed by atoms with Gasteiger partial charge < -0.3 is 10.5 Å². The molecule has 0 atom stereocenters. The smallest absolute Gasteiger partial charge is 0.0961 e. The number of nitrogens with two attached hydrogens (primary N) is 1. The molecular formula is C9H13ClN2OS. The van der Waals surface area contributed by atoms with Crippen molar-refractivity contribution in [1.29, 1.82) is 0 Å². The van der Waals surface area contributed by atoms with Gasteiger partial charge >= 0.3 is 0 Å². The lowest BCUT2D eigenvalue weighted by atomic mass is 10.5. The van der Waals surface area contributed by atoms with E-state index in [1.807, 2.05) is 12.1 Å². The normalized spacial score (nSPS) is 10.4. The molecule has 0 aliphatic heterocycles. The van der Waals surface area contributed by atoms with Crippen LogP contribution in [0.5, 0.6) is 0 Å². The fraction of sp³-hybridized carbons (Fsp3) is 0.444. The first-order valence-corrected chi connectivity index (χ1v) is 5.71. The predicted octanol–water partition coefficient (Wildman–Crippen LogP) is 1.80. The third kappa shape index (κ3) is 4.81. The lowest BCUT2D eigenvalue weighted by Gasteiger charge is -2.01. The number of halogens is 1. The van der Waals surface area contributed by atoms with Gasteiger partial charge in [-0.25, -0.2) is 4.98 Å². The minimum atomic E-state index is 0.573. The lowest BCUT2D eigenvalue weighted by molar-refractivity contribution is 0.158. The minimum Gasteiger partial charge on any atom is -0.379 e. The molecule has 2 N–H and O–H groups in total. The summed E-state index contributed by atoms with van der Waals surface area (Å²) in [4.78, 5) is 4.15. The van der Waals surface area contributed by atoms with Crippen molar-refractivity contribution in [3.63, 3.8) is 0 Å². The molecule has 0 spiro atoms. The first kappa shape index (κ1) is 11.8. The van der Waals surface area contributed by atoms with Crippen LogP contribution in [0.15, 0.2) is 23.4 Å². The van der Waals surface area contributed by atoms with Crippen molar-refractivity contribution < 1.29 is 4.74 Å². The fourth-order valence-corrected chi connectivity index (χ4v) is 1.65. The van der Waals surface area contributed by atoms with E-state index in [4.69, 9.17) is 22.1 Å². The zero-order valence-corrected chi connectivity index (χ0v) is 9.35. The zero-order valence-electron chi connectivity index (χ0n) is 7.78. The van der Waals surface area contributed by atoms with Gasteiger partial charge in [0.1, 0.15) is 0 Å². The van der Waals surface area contributed by atoms with Crippen LogP contribution in [0.2, 0.25) is 5.02 Å². The predicted molar refractivity (Wildman–Crippen MR) is 59.8 cm³/mol. The highest BCUT2D eigenvalue weighted by molar-refractivity contribution is 7.99. The van der Waals surface area contributed by atoms with Gasteiger partial charge in [-0.15, -0.1) is 11.8 Å². The van der Waals surface area contributed by atoms with Crippen LogP contribution in [0.25, 0.3) is 0 Å². The van der Waals surface area contributed by atoms with Gasteiger partial charge in [-0.1, -0.05) is 11.6 Å². The number of aromatic nitrogens is 1. The molecule has 0 aliphatic rings. The van der Waals surface area contributed by atoms with Crippen molar-refractivity contribution >= 4 is 23.4 Å². The van der Waals surface area contributed by atoms with Crippen molar-refractivity contribution in [2.45, 2.75) is 5.03 Å². The van der Waals surface area contributed by atoms with Crippen LogP contribution in [-0.4, -0.2) is 30.5 Å². The van der Waals surface area contributed by atoms with Gasteiger partial charge in [0.25, 0.3) is 0 Å². The molecule has 3 nitrogen and oxygen atoms in total. The SMILES string of the molecule is NCCOCCSc1ccc(Cl)cn1. The molecule has 0 unspecified atom stereocenters. The molecule has 1 rings (SSSR count). The number of pyridine rings is 1. The second-order valence-corrected chi connectivity index (χ2v) is 4.12. The molecule has 0 aliphatic carbocycles. The first-order valence-electron chi connectivity index (χ1n) is 4.35. The Balaban J connectivity index is 2.15. The number of ether oxygens (including phenoxy) is 1. The van der Waals surface area contributed by atoms with Crippen molar-refractivity contribution in [3.8, 4) is 0 Å². The number of rotatable bonds is 6. The minimum absolute atomic E-state index is 0.573. The Hall–Kier alpha value is -0.290. The topological polar surface area (TPSA) is 48.1 Å². The van der Waals surface area contributed by atoms with Crippen molar-refractivity contribution in [2.24, 2.45) is 5.73 Å². The van der Waals surface area contributed by atoms with Crippen LogP contribution in [0, 0.1) is 0 Å². The van der Waals surface area contributed by atoms with E-state index in [1.165, 1.54) is 0 Å². The maximum absolute atomic E-state index is 5.70. The highest BCUT2D eigenvalue weighted by Crippen LogP contribution is 2.16. The van der Waals surface area contributed by atoms with Gasteiger partial charge in [-0.05, 0) is 12.1 Å². The molecule has 0 fully saturated rings. The molecule has 0 amide bonds. The summed E-state index contributed by atoms with van der Waals surface area (Å²) in [6, 6.07) is 3.73. The Morgan fingerprint density at radius 1 is 1.43 bits per heavy atom. The van der Waals surface area contributed by atoms with Crippen molar-refractivity contribution in [3.05, 3.63) is 23.4 Å². The molecule has 5 heteroatoms. The number of nitrogens with zero attached hydrogens (tertiary/aromatic N) is 1. The monoisotopic (exact) mass is 232 g/mol. The van der Waals surface area contributed by atoms with Gasteiger partial charge in [0, 0.05) is 18.5 Å². The Labute approximate surface area is 93.0 Å². The van der Waals surface area contributed by atoms with Crippen LogP contribution in [0.4, 0.5) is 0 Å². The summed E-state index contributed by atoms with van der Waals surface area (Å²) in [5.41, 5.74) is 5.28. The maximum Gasteiger partial charge on any atom is 0.0961 e. The first-order chi connectivity index (χ1) is 6.83. The molecular weight excluding hydrogens is 220 g/mol. The van der Waals surface area contributed by atoms with E-state index in [-0.39, 0.29) is 0 Å². The number of hydrogen-bond donors (Lipinski definition) is 1. The Bertz CT molecular complexity index is 255. The van der Waals surface area contributed by atoms with Crippen LogP contribution < -0.4 is 5.73 Å². The van der Waals surface area contributed by atoms with Crippen LogP contribution in [-0.2, 0) is 4.74 Å². The standard InChI is InChI=1S/C9H13ClN2OS/c10-8-1-2-9(12-7-8)14-6-5-13-4-3-11/h1-2,7H,3-6,11H2. The fourth-order valence-electron chi connectivity index (χ4n) is 0.838. The third-order valence-electron chi connectivity index (χ3n) is 1.44. The summed E-state index contributed by atoms with van der Waals surface area (Å²) < 4.78 is 5.23. The molecule has 1 aromatic rings. The molecule has 1 heterocycles. The Morgan fingerprint density at radius 2 is 2.29 bits per heavy atom. The van der Waals surface area contributed by atoms with Crippen LogP contribution >= 0.6 is 23.4 Å². The quantitative estimate of drug-likeness (QED) is 0.600. The zero-order chi connectivity index (χ0) is 10.2. The van der Waals surface area contributed by atoms with E-state index < -0.39 is 0 Å². The summed E-state index contributed by atoms with van der Waals surface area (Å²) in [6.07, 6.45) is 1.64. The Morgan fingerprint density at radius 3 is 2.93 bits per heavy atom. The maximum atomic E-state index is 5.70. The second-order valence-electron chi connectivity index (χ2n) is 2.56. The molecule has 0 radical (unpaired) electrons. The van der Waals surface area contributed by atoms with Gasteiger partial charge in [-0.2, -0.15) is 0 Å². The number of thioether (sulfide) groups is 1. The van der Waals surface area contributed by atoms with E-state index in [0.717, 1.165) is 10.8 Å². The average Bonchev–Trinajstić information content (AvgIpc) is 2.21. The second kappa shape index (κ2) is 7.06. The van der Waals surface area contributed by atoms with E-state index >= 15 is 0 Å². The molecule has 1 aromatic heterocycles. The molecule has 0 bridgehead atoms. The van der Waals surface area contributed by atoms with Crippen molar-refractivity contribution in [1.82, 2.24) is 4.98 Å². The summed E-state index contributed by atoms with van der Waals surface area (Å²) in [7, 11) is 0. The van der Waals surface area contributed by atoms with E-state index in [2.05, 4.69) is 4.98 Å². The summed E-state index contributed by atoms with van der Waals surface area (Å²) in [5, 5.41) is 1.62. The average molecular weight is 233 g/mol. The highest BCUT2D eigenvalue weighted by atomic mass is 35.5. The van der Waals surface area contributed by atoms with Crippen LogP contribution in [0.3, 0.4) is 0 Å². The van der Waals surface area contributed by atoms with Gasteiger partial charge in [0.15, 0.2) is 0 Å². The van der Waals surface area contributed by atoms with Gasteiger partial charge in [-0.3, -0.25) is 0 Å². The van der Waals surface area contributed by atoms with E-state index in [9.17, 15) is 0 Å². The highest BCUT2D eigenvalue weighted by Gasteiger charge is 1.95. The van der Waals surface area contributed by atoms with E-state index in [1.54, 1.807) is 18.0 Å².